The van der Waals surface area contributed by atoms with Gasteiger partial charge in [0.2, 0.25) is 0 Å². The number of ether oxygens (including phenoxy) is 1. The van der Waals surface area contributed by atoms with Gasteiger partial charge >= 0.3 is 0 Å². The molecule has 1 aliphatic rings. The Kier molecular flexibility index (Phi) is 5.49. The molecule has 0 bridgehead atoms. The van der Waals surface area contributed by atoms with Crippen LogP contribution in [0.4, 0.5) is 0 Å². The van der Waals surface area contributed by atoms with Crippen LogP contribution in [0.5, 0.6) is 5.75 Å². The van der Waals surface area contributed by atoms with Gasteiger partial charge in [-0.25, -0.2) is 0 Å². The molecule has 3 nitrogen and oxygen atoms in total. The summed E-state index contributed by atoms with van der Waals surface area (Å²) in [5.41, 5.74) is 1.10. The zero-order valence-corrected chi connectivity index (χ0v) is 12.6. The molecule has 19 heavy (non-hydrogen) atoms. The Balaban J connectivity index is 1.97. The van der Waals surface area contributed by atoms with Crippen LogP contribution >= 0.6 is 11.6 Å². The van der Waals surface area contributed by atoms with Crippen LogP contribution in [-0.2, 0) is 0 Å². The fourth-order valence-corrected chi connectivity index (χ4v) is 2.76. The highest BCUT2D eigenvalue weighted by Gasteiger charge is 2.20. The molecule has 0 amide bonds. The molecule has 1 fully saturated rings. The lowest BCUT2D eigenvalue weighted by atomic mass is 10.1. The second-order valence-corrected chi connectivity index (χ2v) is 5.57. The molecule has 0 spiro atoms. The molecule has 0 N–H and O–H groups in total. The lowest BCUT2D eigenvalue weighted by molar-refractivity contribution is 0.154. The Labute approximate surface area is 121 Å². The smallest absolute Gasteiger partial charge is 0.124 e. The van der Waals surface area contributed by atoms with E-state index in [1.54, 1.807) is 0 Å². The fraction of sp³-hybridized carbons (Fsp3) is 0.600. The first-order chi connectivity index (χ1) is 9.20. The van der Waals surface area contributed by atoms with Crippen LogP contribution in [-0.4, -0.2) is 56.2 Å². The summed E-state index contributed by atoms with van der Waals surface area (Å²) in [5, 5.41) is -0.00819. The van der Waals surface area contributed by atoms with Crippen molar-refractivity contribution in [2.45, 2.75) is 12.3 Å². The third-order valence-corrected chi connectivity index (χ3v) is 3.94. The summed E-state index contributed by atoms with van der Waals surface area (Å²) < 4.78 is 5.65. The van der Waals surface area contributed by atoms with E-state index in [0.717, 1.165) is 44.0 Å². The Morgan fingerprint density at radius 3 is 2.58 bits per heavy atom. The molecule has 1 aliphatic heterocycles. The van der Waals surface area contributed by atoms with Gasteiger partial charge in [0.25, 0.3) is 0 Å². The number of likely N-dealkylation sites (N-methyl/N-ethyl adjacent to an activating group) is 1. The minimum Gasteiger partial charge on any atom is -0.494 e. The van der Waals surface area contributed by atoms with Crippen molar-refractivity contribution >= 4 is 11.6 Å². The molecule has 1 unspecified atom stereocenters. The quantitative estimate of drug-likeness (QED) is 0.772. The summed E-state index contributed by atoms with van der Waals surface area (Å²) in [4.78, 5) is 4.79. The molecule has 1 heterocycles. The molecule has 0 saturated carbocycles. The van der Waals surface area contributed by atoms with Gasteiger partial charge in [-0.05, 0) is 20.0 Å². The van der Waals surface area contributed by atoms with E-state index in [-0.39, 0.29) is 5.38 Å². The minimum absolute atomic E-state index is 0.00819. The van der Waals surface area contributed by atoms with Crippen molar-refractivity contribution in [3.63, 3.8) is 0 Å². The largest absolute Gasteiger partial charge is 0.494 e. The predicted molar refractivity (Wildman–Crippen MR) is 80.1 cm³/mol. The summed E-state index contributed by atoms with van der Waals surface area (Å²) in [7, 11) is 2.17. The molecule has 106 valence electrons. The number of benzene rings is 1. The van der Waals surface area contributed by atoms with Gasteiger partial charge in [0.05, 0.1) is 12.0 Å². The Hall–Kier alpha value is -0.770. The Morgan fingerprint density at radius 1 is 1.21 bits per heavy atom. The van der Waals surface area contributed by atoms with Gasteiger partial charge in [-0.1, -0.05) is 18.2 Å². The van der Waals surface area contributed by atoms with E-state index in [9.17, 15) is 0 Å². The molecule has 1 aromatic carbocycles. The zero-order valence-electron chi connectivity index (χ0n) is 11.8. The number of halogens is 1. The second-order valence-electron chi connectivity index (χ2n) is 5.04. The Bertz CT molecular complexity index is 391. The van der Waals surface area contributed by atoms with Crippen LogP contribution in [0, 0.1) is 0 Å². The number of para-hydroxylation sites is 1. The van der Waals surface area contributed by atoms with Gasteiger partial charge in [0, 0.05) is 38.3 Å². The number of alkyl halides is 1. The van der Waals surface area contributed by atoms with Gasteiger partial charge in [-0.2, -0.15) is 0 Å². The SMILES string of the molecule is CCOc1ccccc1C(Cl)CN1CCN(C)CC1. The average Bonchev–Trinajstić information content (AvgIpc) is 2.42. The molecule has 0 radical (unpaired) electrons. The van der Waals surface area contributed by atoms with E-state index in [1.807, 2.05) is 25.1 Å². The van der Waals surface area contributed by atoms with Crippen molar-refractivity contribution in [2.75, 3.05) is 46.4 Å². The molecule has 1 atom stereocenters. The number of rotatable bonds is 5. The predicted octanol–water partition coefficient (Wildman–Crippen LogP) is 2.61. The normalized spacial score (nSPS) is 19.3. The third kappa shape index (κ3) is 4.10. The highest BCUT2D eigenvalue weighted by atomic mass is 35.5. The summed E-state index contributed by atoms with van der Waals surface area (Å²) >= 11 is 6.58. The highest BCUT2D eigenvalue weighted by molar-refractivity contribution is 6.21. The van der Waals surface area contributed by atoms with Crippen LogP contribution < -0.4 is 4.74 Å². The van der Waals surface area contributed by atoms with E-state index in [1.165, 1.54) is 0 Å². The molecule has 0 aromatic heterocycles. The van der Waals surface area contributed by atoms with Crippen LogP contribution in [0.1, 0.15) is 17.9 Å². The molecule has 0 aliphatic carbocycles. The topological polar surface area (TPSA) is 15.7 Å². The third-order valence-electron chi connectivity index (χ3n) is 3.57. The summed E-state index contributed by atoms with van der Waals surface area (Å²) in [5.74, 6) is 0.916. The van der Waals surface area contributed by atoms with Crippen molar-refractivity contribution in [3.8, 4) is 5.75 Å². The van der Waals surface area contributed by atoms with E-state index < -0.39 is 0 Å². The lowest BCUT2D eigenvalue weighted by Gasteiger charge is -2.33. The molecular weight excluding hydrogens is 260 g/mol. The van der Waals surface area contributed by atoms with Crippen LogP contribution in [0.2, 0.25) is 0 Å². The first-order valence-electron chi connectivity index (χ1n) is 6.97. The molecule has 1 aromatic rings. The maximum Gasteiger partial charge on any atom is 0.124 e. The maximum atomic E-state index is 6.58. The maximum absolute atomic E-state index is 6.58. The van der Waals surface area contributed by atoms with Crippen molar-refractivity contribution in [1.82, 2.24) is 9.80 Å². The number of hydrogen-bond donors (Lipinski definition) is 0. The Morgan fingerprint density at radius 2 is 1.89 bits per heavy atom. The van der Waals surface area contributed by atoms with E-state index in [4.69, 9.17) is 16.3 Å². The van der Waals surface area contributed by atoms with E-state index in [0.29, 0.717) is 6.61 Å². The number of hydrogen-bond acceptors (Lipinski definition) is 3. The van der Waals surface area contributed by atoms with Crippen LogP contribution in [0.15, 0.2) is 24.3 Å². The fourth-order valence-electron chi connectivity index (χ4n) is 2.38. The number of nitrogens with zero attached hydrogens (tertiary/aromatic N) is 2. The first kappa shape index (κ1) is 14.6. The van der Waals surface area contributed by atoms with Crippen LogP contribution in [0.25, 0.3) is 0 Å². The summed E-state index contributed by atoms with van der Waals surface area (Å²) in [6, 6.07) is 8.09. The van der Waals surface area contributed by atoms with Crippen molar-refractivity contribution in [2.24, 2.45) is 0 Å². The van der Waals surface area contributed by atoms with E-state index >= 15 is 0 Å². The first-order valence-corrected chi connectivity index (χ1v) is 7.41. The molecule has 4 heteroatoms. The number of piperazine rings is 1. The summed E-state index contributed by atoms with van der Waals surface area (Å²) in [6.07, 6.45) is 0. The van der Waals surface area contributed by atoms with Crippen molar-refractivity contribution < 1.29 is 4.74 Å². The zero-order chi connectivity index (χ0) is 13.7. The van der Waals surface area contributed by atoms with Gasteiger partial charge in [0.15, 0.2) is 0 Å². The van der Waals surface area contributed by atoms with Crippen molar-refractivity contribution in [1.29, 1.82) is 0 Å². The standard InChI is InChI=1S/C15H23ClN2O/c1-3-19-15-7-5-4-6-13(15)14(16)12-18-10-8-17(2)9-11-18/h4-7,14H,3,8-12H2,1-2H3. The van der Waals surface area contributed by atoms with Gasteiger partial charge in [0.1, 0.15) is 5.75 Å². The molecule has 2 rings (SSSR count). The summed E-state index contributed by atoms with van der Waals surface area (Å²) in [6.45, 7) is 8.00. The van der Waals surface area contributed by atoms with E-state index in [2.05, 4.69) is 22.9 Å². The lowest BCUT2D eigenvalue weighted by Crippen LogP contribution is -2.45. The monoisotopic (exact) mass is 282 g/mol. The molecular formula is C15H23ClN2O. The average molecular weight is 283 g/mol. The van der Waals surface area contributed by atoms with Crippen molar-refractivity contribution in [3.05, 3.63) is 29.8 Å². The van der Waals surface area contributed by atoms with Gasteiger partial charge in [-0.3, -0.25) is 4.90 Å². The molecule has 1 saturated heterocycles. The second kappa shape index (κ2) is 7.13. The highest BCUT2D eigenvalue weighted by Crippen LogP contribution is 2.30. The van der Waals surface area contributed by atoms with Crippen LogP contribution in [0.3, 0.4) is 0 Å². The minimum atomic E-state index is -0.00819. The van der Waals surface area contributed by atoms with Gasteiger partial charge < -0.3 is 9.64 Å². The van der Waals surface area contributed by atoms with Gasteiger partial charge in [-0.15, -0.1) is 11.6 Å².